The normalized spacial score (nSPS) is 12.0. The van der Waals surface area contributed by atoms with Gasteiger partial charge in [-0.05, 0) is 43.0 Å². The Morgan fingerprint density at radius 3 is 2.75 bits per heavy atom. The van der Waals surface area contributed by atoms with Crippen LogP contribution in [0.25, 0.3) is 0 Å². The first-order chi connectivity index (χ1) is 9.54. The number of amides is 1. The summed E-state index contributed by atoms with van der Waals surface area (Å²) in [6.45, 7) is 3.99. The Kier molecular flexibility index (Phi) is 4.42. The summed E-state index contributed by atoms with van der Waals surface area (Å²) >= 11 is 1.65. The van der Waals surface area contributed by atoms with E-state index in [-0.39, 0.29) is 11.9 Å². The molecule has 0 radical (unpaired) electrons. The molecule has 1 unspecified atom stereocenters. The van der Waals surface area contributed by atoms with E-state index in [1.165, 1.54) is 0 Å². The highest BCUT2D eigenvalue weighted by Gasteiger charge is 2.21. The predicted octanol–water partition coefficient (Wildman–Crippen LogP) is 3.18. The summed E-state index contributed by atoms with van der Waals surface area (Å²) in [4.78, 5) is 15.5. The molecule has 1 aromatic heterocycles. The van der Waals surface area contributed by atoms with Crippen molar-refractivity contribution in [2.24, 2.45) is 5.84 Å². The molecule has 0 spiro atoms. The number of thiophene rings is 1. The maximum absolute atomic E-state index is 12.6. The van der Waals surface area contributed by atoms with E-state index in [9.17, 15) is 4.79 Å². The van der Waals surface area contributed by atoms with Gasteiger partial charge in [-0.25, -0.2) is 0 Å². The number of benzene rings is 1. The third-order valence-electron chi connectivity index (χ3n) is 3.42. The van der Waals surface area contributed by atoms with Crippen LogP contribution in [0.2, 0.25) is 0 Å². The van der Waals surface area contributed by atoms with Crippen LogP contribution in [0.15, 0.2) is 35.7 Å². The molecule has 0 bridgehead atoms. The number of nitrogens with one attached hydrogen (secondary N) is 1. The van der Waals surface area contributed by atoms with E-state index >= 15 is 0 Å². The second-order valence-corrected chi connectivity index (χ2v) is 5.78. The average molecular weight is 289 g/mol. The van der Waals surface area contributed by atoms with Crippen LogP contribution < -0.4 is 11.3 Å². The topological polar surface area (TPSA) is 58.4 Å². The van der Waals surface area contributed by atoms with E-state index in [0.29, 0.717) is 11.3 Å². The van der Waals surface area contributed by atoms with Crippen molar-refractivity contribution >= 4 is 22.9 Å². The van der Waals surface area contributed by atoms with E-state index < -0.39 is 0 Å². The Balaban J connectivity index is 2.27. The average Bonchev–Trinajstić information content (AvgIpc) is 2.99. The first-order valence-corrected chi connectivity index (χ1v) is 7.30. The molecule has 1 amide bonds. The van der Waals surface area contributed by atoms with Crippen LogP contribution in [0.1, 0.15) is 33.8 Å². The number of rotatable bonds is 4. The van der Waals surface area contributed by atoms with Crippen LogP contribution in [-0.4, -0.2) is 17.9 Å². The molecule has 0 saturated heterocycles. The molecule has 20 heavy (non-hydrogen) atoms. The second kappa shape index (κ2) is 6.07. The van der Waals surface area contributed by atoms with Gasteiger partial charge >= 0.3 is 0 Å². The van der Waals surface area contributed by atoms with Crippen molar-refractivity contribution in [3.63, 3.8) is 0 Å². The number of carbonyl (C=O) groups is 1. The Bertz CT molecular complexity index is 595. The number of nitrogen functional groups attached to an aromatic ring is 1. The fourth-order valence-corrected chi connectivity index (χ4v) is 2.88. The van der Waals surface area contributed by atoms with Gasteiger partial charge in [-0.3, -0.25) is 10.6 Å². The van der Waals surface area contributed by atoms with Crippen molar-refractivity contribution in [3.8, 4) is 0 Å². The van der Waals surface area contributed by atoms with Gasteiger partial charge in [0, 0.05) is 11.9 Å². The van der Waals surface area contributed by atoms with E-state index in [1.807, 2.05) is 56.6 Å². The van der Waals surface area contributed by atoms with Gasteiger partial charge in [-0.15, -0.1) is 11.3 Å². The fraction of sp³-hybridized carbons (Fsp3) is 0.267. The maximum atomic E-state index is 12.6. The first-order valence-electron chi connectivity index (χ1n) is 6.42. The van der Waals surface area contributed by atoms with Crippen LogP contribution in [0.4, 0.5) is 5.69 Å². The third kappa shape index (κ3) is 2.84. The summed E-state index contributed by atoms with van der Waals surface area (Å²) in [5, 5.41) is 2.02. The van der Waals surface area contributed by atoms with E-state index in [2.05, 4.69) is 5.43 Å². The molecule has 106 valence electrons. The van der Waals surface area contributed by atoms with Crippen molar-refractivity contribution in [1.82, 2.24) is 4.90 Å². The van der Waals surface area contributed by atoms with Crippen LogP contribution in [0.3, 0.4) is 0 Å². The zero-order chi connectivity index (χ0) is 14.7. The highest BCUT2D eigenvalue weighted by Crippen LogP contribution is 2.26. The second-order valence-electron chi connectivity index (χ2n) is 4.80. The lowest BCUT2D eigenvalue weighted by Gasteiger charge is -2.25. The van der Waals surface area contributed by atoms with Crippen molar-refractivity contribution < 1.29 is 4.79 Å². The summed E-state index contributed by atoms with van der Waals surface area (Å²) in [5.41, 5.74) is 4.90. The number of aryl methyl sites for hydroxylation is 1. The van der Waals surface area contributed by atoms with E-state index in [1.54, 1.807) is 16.2 Å². The predicted molar refractivity (Wildman–Crippen MR) is 83.8 cm³/mol. The quantitative estimate of drug-likeness (QED) is 0.671. The highest BCUT2D eigenvalue weighted by molar-refractivity contribution is 7.10. The molecule has 4 nitrogen and oxygen atoms in total. The Morgan fingerprint density at radius 1 is 1.40 bits per heavy atom. The van der Waals surface area contributed by atoms with Crippen LogP contribution in [-0.2, 0) is 0 Å². The van der Waals surface area contributed by atoms with Gasteiger partial charge in [0.15, 0.2) is 0 Å². The molecular weight excluding hydrogens is 270 g/mol. The number of hydrazine groups is 1. The zero-order valence-electron chi connectivity index (χ0n) is 11.9. The summed E-state index contributed by atoms with van der Waals surface area (Å²) in [6, 6.07) is 9.66. The van der Waals surface area contributed by atoms with Gasteiger partial charge in [-0.1, -0.05) is 12.1 Å². The Labute approximate surface area is 123 Å². The molecule has 0 saturated carbocycles. The minimum Gasteiger partial charge on any atom is -0.334 e. The van der Waals surface area contributed by atoms with Crippen molar-refractivity contribution in [3.05, 3.63) is 51.7 Å². The minimum absolute atomic E-state index is 0.0365. The smallest absolute Gasteiger partial charge is 0.256 e. The molecule has 1 atom stereocenters. The summed E-state index contributed by atoms with van der Waals surface area (Å²) in [5.74, 6) is 5.47. The molecular formula is C15H19N3OS. The number of hydrogen-bond acceptors (Lipinski definition) is 4. The van der Waals surface area contributed by atoms with Gasteiger partial charge in [0.25, 0.3) is 5.91 Å². The van der Waals surface area contributed by atoms with Gasteiger partial charge in [0.05, 0.1) is 17.3 Å². The van der Waals surface area contributed by atoms with Crippen LogP contribution in [0, 0.1) is 6.92 Å². The van der Waals surface area contributed by atoms with Crippen molar-refractivity contribution in [1.29, 1.82) is 0 Å². The molecule has 1 heterocycles. The van der Waals surface area contributed by atoms with Crippen molar-refractivity contribution in [2.45, 2.75) is 19.9 Å². The van der Waals surface area contributed by atoms with Gasteiger partial charge in [0.1, 0.15) is 0 Å². The maximum Gasteiger partial charge on any atom is 0.256 e. The Morgan fingerprint density at radius 2 is 2.15 bits per heavy atom. The Hall–Kier alpha value is -1.85. The summed E-state index contributed by atoms with van der Waals surface area (Å²) in [6.07, 6.45) is 0. The zero-order valence-corrected chi connectivity index (χ0v) is 12.7. The van der Waals surface area contributed by atoms with E-state index in [4.69, 9.17) is 5.84 Å². The van der Waals surface area contributed by atoms with Crippen LogP contribution in [0.5, 0.6) is 0 Å². The standard InChI is InChI=1S/C15H19N3OS/c1-10-6-7-12(13(9-10)17-16)15(19)18(3)11(2)14-5-4-8-20-14/h4-9,11,17H,16H2,1-3H3. The molecule has 1 aromatic carbocycles. The molecule has 3 N–H and O–H groups in total. The lowest BCUT2D eigenvalue weighted by atomic mass is 10.1. The lowest BCUT2D eigenvalue weighted by molar-refractivity contribution is 0.0746. The van der Waals surface area contributed by atoms with Gasteiger partial charge < -0.3 is 10.3 Å². The number of carbonyl (C=O) groups excluding carboxylic acids is 1. The third-order valence-corrected chi connectivity index (χ3v) is 4.46. The summed E-state index contributed by atoms with van der Waals surface area (Å²) in [7, 11) is 1.81. The molecule has 2 rings (SSSR count). The molecule has 0 fully saturated rings. The SMILES string of the molecule is Cc1ccc(C(=O)N(C)C(C)c2cccs2)c(NN)c1. The fourth-order valence-electron chi connectivity index (χ4n) is 2.05. The van der Waals surface area contributed by atoms with E-state index in [0.717, 1.165) is 10.4 Å². The number of hydrogen-bond donors (Lipinski definition) is 2. The van der Waals surface area contributed by atoms with Crippen molar-refractivity contribution in [2.75, 3.05) is 12.5 Å². The largest absolute Gasteiger partial charge is 0.334 e. The lowest BCUT2D eigenvalue weighted by Crippen LogP contribution is -2.30. The molecule has 5 heteroatoms. The first kappa shape index (κ1) is 14.6. The molecule has 0 aliphatic rings. The number of anilines is 1. The molecule has 0 aliphatic carbocycles. The molecule has 0 aliphatic heterocycles. The minimum atomic E-state index is -0.0427. The van der Waals surface area contributed by atoms with Crippen LogP contribution >= 0.6 is 11.3 Å². The van der Waals surface area contributed by atoms with Gasteiger partial charge in [0.2, 0.25) is 0 Å². The van der Waals surface area contributed by atoms with Gasteiger partial charge in [-0.2, -0.15) is 0 Å². The molecule has 2 aromatic rings. The summed E-state index contributed by atoms with van der Waals surface area (Å²) < 4.78 is 0. The highest BCUT2D eigenvalue weighted by atomic mass is 32.1. The number of nitrogens with zero attached hydrogens (tertiary/aromatic N) is 1. The number of nitrogens with two attached hydrogens (primary N) is 1. The monoisotopic (exact) mass is 289 g/mol.